The number of nitrogens with one attached hydrogen (secondary N) is 1. The van der Waals surface area contributed by atoms with E-state index in [2.05, 4.69) is 220 Å². The molecule has 3 heterocycles. The van der Waals surface area contributed by atoms with Gasteiger partial charge in [-0.2, -0.15) is 0 Å². The quantitative estimate of drug-likeness (QED) is 0.177. The average molecular weight is 768 g/mol. The molecule has 0 aliphatic carbocycles. The number of anilines is 2. The van der Waals surface area contributed by atoms with Crippen LogP contribution in [0.2, 0.25) is 0 Å². The van der Waals surface area contributed by atoms with Crippen LogP contribution < -0.4 is 16.2 Å². The van der Waals surface area contributed by atoms with Crippen LogP contribution in [0.4, 0.5) is 11.4 Å². The maximum Gasteiger partial charge on any atom is 0.198 e. The summed E-state index contributed by atoms with van der Waals surface area (Å²) in [5, 5.41) is 11.0. The molecule has 0 amide bonds. The van der Waals surface area contributed by atoms with Gasteiger partial charge in [0.1, 0.15) is 5.58 Å². The Kier molecular flexibility index (Phi) is 7.58. The Morgan fingerprint density at radius 3 is 1.97 bits per heavy atom. The number of hydrogen-bond donors (Lipinski definition) is 1. The molecular formula is C56H40BN2O. The summed E-state index contributed by atoms with van der Waals surface area (Å²) in [7, 11) is 2.42. The summed E-state index contributed by atoms with van der Waals surface area (Å²) in [5.41, 5.74) is 18.1. The summed E-state index contributed by atoms with van der Waals surface area (Å²) in [6.07, 6.45) is 0. The zero-order chi connectivity index (χ0) is 40.1. The van der Waals surface area contributed by atoms with Crippen LogP contribution in [0.25, 0.3) is 93.6 Å². The number of furan rings is 1. The van der Waals surface area contributed by atoms with Gasteiger partial charge >= 0.3 is 0 Å². The molecule has 0 spiro atoms. The average Bonchev–Trinajstić information content (AvgIpc) is 3.83. The van der Waals surface area contributed by atoms with Crippen LogP contribution in [0.15, 0.2) is 186 Å². The molecule has 1 radical (unpaired) electrons. The van der Waals surface area contributed by atoms with E-state index in [4.69, 9.17) is 4.42 Å². The second kappa shape index (κ2) is 13.1. The molecule has 0 atom stereocenters. The fourth-order valence-corrected chi connectivity index (χ4v) is 9.56. The Morgan fingerprint density at radius 2 is 1.20 bits per heavy atom. The highest BCUT2D eigenvalue weighted by molar-refractivity contribution is 6.74. The van der Waals surface area contributed by atoms with Gasteiger partial charge < -0.3 is 14.3 Å². The third-order valence-corrected chi connectivity index (χ3v) is 12.6. The summed E-state index contributed by atoms with van der Waals surface area (Å²) >= 11 is 0. The summed E-state index contributed by atoms with van der Waals surface area (Å²) in [5.74, 6) is 0. The summed E-state index contributed by atoms with van der Waals surface area (Å²) in [4.78, 5) is 0. The van der Waals surface area contributed by atoms with E-state index in [9.17, 15) is 0 Å². The highest BCUT2D eigenvalue weighted by atomic mass is 16.3. The molecule has 0 fully saturated rings. The van der Waals surface area contributed by atoms with Gasteiger partial charge in [0, 0.05) is 43.7 Å². The van der Waals surface area contributed by atoms with Crippen LogP contribution in [0.3, 0.4) is 0 Å². The van der Waals surface area contributed by atoms with E-state index in [-0.39, 0.29) is 5.41 Å². The van der Waals surface area contributed by atoms with Crippen LogP contribution in [0, 0.1) is 0 Å². The van der Waals surface area contributed by atoms with Gasteiger partial charge in [0.2, 0.25) is 0 Å². The van der Waals surface area contributed by atoms with Gasteiger partial charge in [-0.15, -0.1) is 0 Å². The largest absolute Gasteiger partial charge is 0.454 e. The first-order valence-corrected chi connectivity index (χ1v) is 20.8. The molecule has 1 aliphatic heterocycles. The van der Waals surface area contributed by atoms with Crippen molar-refractivity contribution < 1.29 is 4.42 Å². The Balaban J connectivity index is 1.18. The molecule has 4 heteroatoms. The first kappa shape index (κ1) is 34.7. The normalized spacial score (nSPS) is 12.4. The molecule has 12 rings (SSSR count). The van der Waals surface area contributed by atoms with Gasteiger partial charge in [-0.05, 0) is 92.1 Å². The van der Waals surface area contributed by atoms with E-state index >= 15 is 0 Å². The SMILES string of the molecule is CC(C)(C)c1ccc(Nc2c(-c3cc4c(oc5ccccc54)c4c3[B]c3cc(-c5ccccc5)cc5c6cc(-c7ccccc7)ccc6n-4c35)ccc3ccccc23)cc1. The maximum atomic E-state index is 6.97. The molecule has 1 N–H and O–H groups in total. The lowest BCUT2D eigenvalue weighted by Gasteiger charge is -2.26. The van der Waals surface area contributed by atoms with E-state index in [0.29, 0.717) is 0 Å². The van der Waals surface area contributed by atoms with Crippen molar-refractivity contribution in [3.63, 3.8) is 0 Å². The first-order valence-electron chi connectivity index (χ1n) is 20.8. The van der Waals surface area contributed by atoms with Crippen molar-refractivity contribution in [2.45, 2.75) is 26.2 Å². The van der Waals surface area contributed by atoms with Crippen LogP contribution in [-0.4, -0.2) is 11.8 Å². The van der Waals surface area contributed by atoms with Crippen molar-refractivity contribution in [1.82, 2.24) is 4.57 Å². The third-order valence-electron chi connectivity index (χ3n) is 12.6. The van der Waals surface area contributed by atoms with Crippen molar-refractivity contribution in [2.75, 3.05) is 5.32 Å². The minimum atomic E-state index is 0.0641. The van der Waals surface area contributed by atoms with Crippen LogP contribution in [0.5, 0.6) is 0 Å². The molecule has 3 nitrogen and oxygen atoms in total. The van der Waals surface area contributed by atoms with E-state index in [1.165, 1.54) is 60.3 Å². The molecule has 9 aromatic carbocycles. The van der Waals surface area contributed by atoms with E-state index in [1.54, 1.807) is 0 Å². The number of rotatable bonds is 5. The number of nitrogens with zero attached hydrogens (tertiary/aromatic N) is 1. The maximum absolute atomic E-state index is 6.97. The van der Waals surface area contributed by atoms with Gasteiger partial charge in [0.25, 0.3) is 0 Å². The number of fused-ring (bicyclic) bond motifs is 10. The number of benzene rings is 9. The predicted molar refractivity (Wildman–Crippen MR) is 255 cm³/mol. The molecule has 0 saturated carbocycles. The standard InChI is InChI=1S/C56H40BN2O/c1-56(2,3)39-24-26-40(27-25-39)58-52-41-19-11-10-18-36(41)22-28-43(52)45-33-47-42-20-12-13-21-50(42)60-55(47)54-51(45)57-48-32-38(35-16-8-5-9-17-35)31-46-44-30-37(34-14-6-4-7-15-34)23-29-49(44)59(54)53(46)48/h4-33,58H,1-3H3. The van der Waals surface area contributed by atoms with Crippen molar-refractivity contribution >= 4 is 84.1 Å². The Morgan fingerprint density at radius 1 is 0.517 bits per heavy atom. The second-order valence-electron chi connectivity index (χ2n) is 17.2. The number of hydrogen-bond acceptors (Lipinski definition) is 2. The van der Waals surface area contributed by atoms with Crippen molar-refractivity contribution in [3.8, 4) is 39.1 Å². The Labute approximate surface area is 349 Å². The van der Waals surface area contributed by atoms with E-state index in [1.807, 2.05) is 0 Å². The van der Waals surface area contributed by atoms with Crippen molar-refractivity contribution in [3.05, 3.63) is 188 Å². The molecule has 0 saturated heterocycles. The second-order valence-corrected chi connectivity index (χ2v) is 17.2. The van der Waals surface area contributed by atoms with Crippen molar-refractivity contribution in [2.24, 2.45) is 0 Å². The number of para-hydroxylation sites is 1. The molecule has 2 aromatic heterocycles. The van der Waals surface area contributed by atoms with Gasteiger partial charge in [-0.25, -0.2) is 0 Å². The van der Waals surface area contributed by atoms with Crippen LogP contribution >= 0.6 is 0 Å². The van der Waals surface area contributed by atoms with E-state index in [0.717, 1.165) is 61.1 Å². The molecule has 0 bridgehead atoms. The van der Waals surface area contributed by atoms with Crippen molar-refractivity contribution in [1.29, 1.82) is 0 Å². The molecule has 60 heavy (non-hydrogen) atoms. The lowest BCUT2D eigenvalue weighted by Crippen LogP contribution is -2.37. The fraction of sp³-hybridized carbons (Fsp3) is 0.0714. The minimum Gasteiger partial charge on any atom is -0.454 e. The van der Waals surface area contributed by atoms with Crippen LogP contribution in [0.1, 0.15) is 26.3 Å². The van der Waals surface area contributed by atoms with Gasteiger partial charge in [-0.3, -0.25) is 0 Å². The molecule has 1 aliphatic rings. The fourth-order valence-electron chi connectivity index (χ4n) is 9.56. The van der Waals surface area contributed by atoms with E-state index < -0.39 is 0 Å². The summed E-state index contributed by atoms with van der Waals surface area (Å²) in [6, 6.07) is 66.2. The minimum absolute atomic E-state index is 0.0641. The third kappa shape index (κ3) is 5.37. The summed E-state index contributed by atoms with van der Waals surface area (Å²) < 4.78 is 9.46. The van der Waals surface area contributed by atoms with Gasteiger partial charge in [0.05, 0.1) is 16.9 Å². The topological polar surface area (TPSA) is 30.1 Å². The smallest absolute Gasteiger partial charge is 0.198 e. The molecule has 0 unspecified atom stereocenters. The lowest BCUT2D eigenvalue weighted by molar-refractivity contribution is 0.590. The first-order chi connectivity index (χ1) is 29.4. The Bertz CT molecular complexity index is 3500. The van der Waals surface area contributed by atoms with Gasteiger partial charge in [0.15, 0.2) is 12.9 Å². The summed E-state index contributed by atoms with van der Waals surface area (Å²) in [6.45, 7) is 6.79. The van der Waals surface area contributed by atoms with Gasteiger partial charge in [-0.1, -0.05) is 166 Å². The highest BCUT2D eigenvalue weighted by Crippen LogP contribution is 2.45. The highest BCUT2D eigenvalue weighted by Gasteiger charge is 2.31. The lowest BCUT2D eigenvalue weighted by atomic mass is 9.58. The zero-order valence-electron chi connectivity index (χ0n) is 33.8. The molecular weight excluding hydrogens is 727 g/mol. The monoisotopic (exact) mass is 767 g/mol. The molecule has 11 aromatic rings. The number of aromatic nitrogens is 1. The Hall–Kier alpha value is -7.30. The van der Waals surface area contributed by atoms with Crippen LogP contribution in [-0.2, 0) is 5.41 Å². The molecule has 283 valence electrons. The zero-order valence-corrected chi connectivity index (χ0v) is 33.8. The predicted octanol–water partition coefficient (Wildman–Crippen LogP) is 13.8.